The van der Waals surface area contributed by atoms with Crippen LogP contribution in [0.5, 0.6) is 0 Å². The molecule has 2 aromatic rings. The quantitative estimate of drug-likeness (QED) is 0.869. The van der Waals surface area contributed by atoms with Gasteiger partial charge in [0.2, 0.25) is 0 Å². The molecule has 104 valence electrons. The maximum absolute atomic E-state index is 10.6. The molecule has 0 atom stereocenters. The van der Waals surface area contributed by atoms with Gasteiger partial charge < -0.3 is 10.4 Å². The minimum Gasteiger partial charge on any atom is -0.481 e. The highest BCUT2D eigenvalue weighted by atomic mass is 79.9. The Bertz CT molecular complexity index is 608. The van der Waals surface area contributed by atoms with Gasteiger partial charge in [0.15, 0.2) is 0 Å². The standard InChI is InChI=1S/C16H16BrNO2/c1-11-8-14(6-7-15(11)17)18-10-13-4-2-12(3-5-13)9-16(19)20/h2-8,18H,9-10H2,1H3,(H,19,20). The van der Waals surface area contributed by atoms with Gasteiger partial charge in [-0.15, -0.1) is 0 Å². The molecule has 0 saturated carbocycles. The largest absolute Gasteiger partial charge is 0.481 e. The molecular weight excluding hydrogens is 318 g/mol. The lowest BCUT2D eigenvalue weighted by molar-refractivity contribution is -0.136. The molecule has 0 spiro atoms. The summed E-state index contributed by atoms with van der Waals surface area (Å²) in [6.07, 6.45) is 0.0691. The molecule has 0 heterocycles. The Morgan fingerprint density at radius 2 is 1.80 bits per heavy atom. The van der Waals surface area contributed by atoms with Crippen LogP contribution in [0.15, 0.2) is 46.9 Å². The Balaban J connectivity index is 1.96. The normalized spacial score (nSPS) is 10.3. The van der Waals surface area contributed by atoms with E-state index in [1.165, 1.54) is 5.56 Å². The molecule has 0 aliphatic heterocycles. The molecule has 0 amide bonds. The van der Waals surface area contributed by atoms with Crippen molar-refractivity contribution in [3.8, 4) is 0 Å². The van der Waals surface area contributed by atoms with Crippen molar-refractivity contribution >= 4 is 27.6 Å². The van der Waals surface area contributed by atoms with E-state index in [9.17, 15) is 4.79 Å². The van der Waals surface area contributed by atoms with Gasteiger partial charge in [-0.3, -0.25) is 4.79 Å². The topological polar surface area (TPSA) is 49.3 Å². The predicted molar refractivity (Wildman–Crippen MR) is 84.0 cm³/mol. The number of rotatable bonds is 5. The molecule has 2 N–H and O–H groups in total. The first-order valence-electron chi connectivity index (χ1n) is 6.34. The monoisotopic (exact) mass is 333 g/mol. The fourth-order valence-corrected chi connectivity index (χ4v) is 2.15. The number of carboxylic acid groups (broad SMARTS) is 1. The maximum Gasteiger partial charge on any atom is 0.307 e. The lowest BCUT2D eigenvalue weighted by atomic mass is 10.1. The molecule has 0 bridgehead atoms. The fraction of sp³-hybridized carbons (Fsp3) is 0.188. The SMILES string of the molecule is Cc1cc(NCc2ccc(CC(=O)O)cc2)ccc1Br. The second-order valence-electron chi connectivity index (χ2n) is 4.70. The lowest BCUT2D eigenvalue weighted by Gasteiger charge is -2.09. The first-order chi connectivity index (χ1) is 9.54. The molecular formula is C16H16BrNO2. The van der Waals surface area contributed by atoms with Crippen molar-refractivity contribution in [3.63, 3.8) is 0 Å². The van der Waals surface area contributed by atoms with Crippen LogP contribution in [-0.4, -0.2) is 11.1 Å². The highest BCUT2D eigenvalue weighted by Gasteiger charge is 2.01. The van der Waals surface area contributed by atoms with Crippen molar-refractivity contribution in [1.82, 2.24) is 0 Å². The van der Waals surface area contributed by atoms with Crippen molar-refractivity contribution in [3.05, 3.63) is 63.6 Å². The average molecular weight is 334 g/mol. The van der Waals surface area contributed by atoms with Crippen molar-refractivity contribution in [2.24, 2.45) is 0 Å². The first kappa shape index (κ1) is 14.6. The van der Waals surface area contributed by atoms with Gasteiger partial charge >= 0.3 is 5.97 Å². The Labute approximate surface area is 126 Å². The van der Waals surface area contributed by atoms with Crippen LogP contribution in [0.1, 0.15) is 16.7 Å². The Morgan fingerprint density at radius 1 is 1.15 bits per heavy atom. The molecule has 2 aromatic carbocycles. The van der Waals surface area contributed by atoms with Gasteiger partial charge in [0.25, 0.3) is 0 Å². The van der Waals surface area contributed by atoms with E-state index in [0.717, 1.165) is 21.3 Å². The number of benzene rings is 2. The van der Waals surface area contributed by atoms with Crippen molar-refractivity contribution in [2.75, 3.05) is 5.32 Å². The molecule has 4 heteroatoms. The van der Waals surface area contributed by atoms with E-state index in [-0.39, 0.29) is 6.42 Å². The number of carbonyl (C=O) groups is 1. The molecule has 0 aliphatic carbocycles. The minimum atomic E-state index is -0.804. The number of aryl methyl sites for hydroxylation is 1. The lowest BCUT2D eigenvalue weighted by Crippen LogP contribution is -2.02. The van der Waals surface area contributed by atoms with E-state index < -0.39 is 5.97 Å². The summed E-state index contributed by atoms with van der Waals surface area (Å²) >= 11 is 3.48. The van der Waals surface area contributed by atoms with Crippen LogP contribution in [0.4, 0.5) is 5.69 Å². The zero-order valence-electron chi connectivity index (χ0n) is 11.2. The van der Waals surface area contributed by atoms with Crippen LogP contribution in [0.25, 0.3) is 0 Å². The predicted octanol–water partition coefficient (Wildman–Crippen LogP) is 4.00. The summed E-state index contributed by atoms with van der Waals surface area (Å²) in [5, 5.41) is 12.1. The van der Waals surface area contributed by atoms with Gasteiger partial charge in [-0.2, -0.15) is 0 Å². The Kier molecular flexibility index (Phi) is 4.79. The van der Waals surface area contributed by atoms with Crippen LogP contribution >= 0.6 is 15.9 Å². The number of nitrogens with one attached hydrogen (secondary N) is 1. The number of hydrogen-bond acceptors (Lipinski definition) is 2. The Morgan fingerprint density at radius 3 is 2.40 bits per heavy atom. The Hall–Kier alpha value is -1.81. The van der Waals surface area contributed by atoms with E-state index in [0.29, 0.717) is 6.54 Å². The molecule has 0 radical (unpaired) electrons. The summed E-state index contributed by atoms with van der Waals surface area (Å²) in [6.45, 7) is 2.77. The van der Waals surface area contributed by atoms with E-state index in [2.05, 4.69) is 34.2 Å². The van der Waals surface area contributed by atoms with Gasteiger partial charge in [0.05, 0.1) is 6.42 Å². The molecule has 0 saturated heterocycles. The van der Waals surface area contributed by atoms with Gasteiger partial charge in [-0.05, 0) is 41.8 Å². The highest BCUT2D eigenvalue weighted by Crippen LogP contribution is 2.20. The van der Waals surface area contributed by atoms with Crippen molar-refractivity contribution in [1.29, 1.82) is 0 Å². The summed E-state index contributed by atoms with van der Waals surface area (Å²) in [5.74, 6) is -0.804. The van der Waals surface area contributed by atoms with Crippen LogP contribution in [0, 0.1) is 6.92 Å². The minimum absolute atomic E-state index is 0.0691. The van der Waals surface area contributed by atoms with E-state index in [1.54, 1.807) is 0 Å². The summed E-state index contributed by atoms with van der Waals surface area (Å²) in [5.41, 5.74) is 4.20. The summed E-state index contributed by atoms with van der Waals surface area (Å²) in [6, 6.07) is 13.8. The average Bonchev–Trinajstić information content (AvgIpc) is 2.41. The molecule has 3 nitrogen and oxygen atoms in total. The second kappa shape index (κ2) is 6.57. The molecule has 0 aliphatic rings. The number of carboxylic acids is 1. The smallest absolute Gasteiger partial charge is 0.307 e. The third-order valence-electron chi connectivity index (χ3n) is 3.03. The fourth-order valence-electron chi connectivity index (χ4n) is 1.91. The molecule has 20 heavy (non-hydrogen) atoms. The van der Waals surface area contributed by atoms with Crippen LogP contribution in [-0.2, 0) is 17.8 Å². The van der Waals surface area contributed by atoms with E-state index >= 15 is 0 Å². The van der Waals surface area contributed by atoms with Gasteiger partial charge in [-0.25, -0.2) is 0 Å². The van der Waals surface area contributed by atoms with Crippen LogP contribution in [0.2, 0.25) is 0 Å². The number of halogens is 1. The summed E-state index contributed by atoms with van der Waals surface area (Å²) in [4.78, 5) is 10.6. The van der Waals surface area contributed by atoms with Crippen LogP contribution < -0.4 is 5.32 Å². The molecule has 2 rings (SSSR count). The molecule has 0 aromatic heterocycles. The molecule has 0 unspecified atom stereocenters. The second-order valence-corrected chi connectivity index (χ2v) is 5.56. The third-order valence-corrected chi connectivity index (χ3v) is 3.92. The zero-order chi connectivity index (χ0) is 14.5. The number of aliphatic carboxylic acids is 1. The summed E-state index contributed by atoms with van der Waals surface area (Å²) < 4.78 is 1.10. The third kappa shape index (κ3) is 4.10. The zero-order valence-corrected chi connectivity index (χ0v) is 12.8. The number of anilines is 1. The molecule has 0 fully saturated rings. The van der Waals surface area contributed by atoms with Crippen molar-refractivity contribution < 1.29 is 9.90 Å². The number of hydrogen-bond donors (Lipinski definition) is 2. The van der Waals surface area contributed by atoms with E-state index in [4.69, 9.17) is 5.11 Å². The van der Waals surface area contributed by atoms with E-state index in [1.807, 2.05) is 36.4 Å². The van der Waals surface area contributed by atoms with Crippen LogP contribution in [0.3, 0.4) is 0 Å². The maximum atomic E-state index is 10.6. The highest BCUT2D eigenvalue weighted by molar-refractivity contribution is 9.10. The van der Waals surface area contributed by atoms with Gasteiger partial charge in [0, 0.05) is 16.7 Å². The first-order valence-corrected chi connectivity index (χ1v) is 7.13. The van der Waals surface area contributed by atoms with Gasteiger partial charge in [0.1, 0.15) is 0 Å². The van der Waals surface area contributed by atoms with Crippen molar-refractivity contribution in [2.45, 2.75) is 19.9 Å². The summed E-state index contributed by atoms with van der Waals surface area (Å²) in [7, 11) is 0. The van der Waals surface area contributed by atoms with Gasteiger partial charge in [-0.1, -0.05) is 40.2 Å².